The van der Waals surface area contributed by atoms with Crippen LogP contribution in [0.15, 0.2) is 66.9 Å². The molecule has 1 saturated heterocycles. The lowest BCUT2D eigenvalue weighted by molar-refractivity contribution is -0.136. The number of anilines is 3. The third-order valence-electron chi connectivity index (χ3n) is 6.55. The lowest BCUT2D eigenvalue weighted by Crippen LogP contribution is -2.54. The molecule has 0 spiro atoms. The van der Waals surface area contributed by atoms with E-state index in [0.717, 1.165) is 41.2 Å². The SMILES string of the molecule is C#CC(=O)N1CC(C(=O)Nc2cc3cc(c2)Nc2nccc(n2)-c2cccc(c2)OCC/C=C/CN(C)C3)C1. The highest BCUT2D eigenvalue weighted by Crippen LogP contribution is 2.27. The first-order valence-electron chi connectivity index (χ1n) is 12.8. The van der Waals surface area contributed by atoms with Crippen LogP contribution in [-0.2, 0) is 16.1 Å². The standard InChI is InChI=1S/C30H30N6O3/c1-3-28(37)36-19-23(20-36)29(38)32-24-14-21-15-25(17-24)33-30-31-11-10-27(34-30)22-8-7-9-26(16-22)39-13-6-4-5-12-35(2)18-21/h1,4-5,7-11,14-17,23H,6,12-13,18-20H2,2H3,(H,32,38)(H,31,33,34)/b5-4+. The van der Waals surface area contributed by atoms with Crippen molar-refractivity contribution in [2.75, 3.05) is 43.9 Å². The largest absolute Gasteiger partial charge is 0.493 e. The van der Waals surface area contributed by atoms with Crippen molar-refractivity contribution in [2.45, 2.75) is 13.0 Å². The number of benzene rings is 2. The molecule has 198 valence electrons. The van der Waals surface area contributed by atoms with Gasteiger partial charge in [0.15, 0.2) is 0 Å². The van der Waals surface area contributed by atoms with Gasteiger partial charge in [-0.25, -0.2) is 9.97 Å². The number of ether oxygens (including phenoxy) is 1. The number of likely N-dealkylation sites (tertiary alicyclic amines) is 1. The van der Waals surface area contributed by atoms with E-state index in [1.54, 1.807) is 6.20 Å². The molecule has 0 atom stereocenters. The van der Waals surface area contributed by atoms with Crippen LogP contribution < -0.4 is 15.4 Å². The fourth-order valence-corrected chi connectivity index (χ4v) is 4.52. The number of fused-ring (bicyclic) bond motifs is 7. The van der Waals surface area contributed by atoms with Crippen LogP contribution in [0.5, 0.6) is 5.75 Å². The molecular formula is C30H30N6O3. The van der Waals surface area contributed by atoms with Crippen molar-refractivity contribution in [2.24, 2.45) is 5.92 Å². The fraction of sp³-hybridized carbons (Fsp3) is 0.267. The molecule has 39 heavy (non-hydrogen) atoms. The lowest BCUT2D eigenvalue weighted by atomic mass is 9.99. The third-order valence-corrected chi connectivity index (χ3v) is 6.55. The maximum atomic E-state index is 12.9. The second-order valence-corrected chi connectivity index (χ2v) is 9.68. The van der Waals surface area contributed by atoms with E-state index in [0.29, 0.717) is 37.9 Å². The summed E-state index contributed by atoms with van der Waals surface area (Å²) >= 11 is 0. The zero-order valence-corrected chi connectivity index (χ0v) is 21.8. The van der Waals surface area contributed by atoms with E-state index < -0.39 is 5.91 Å². The minimum absolute atomic E-state index is 0.148. The Morgan fingerprint density at radius 1 is 1.15 bits per heavy atom. The molecule has 3 heterocycles. The normalized spacial score (nSPS) is 16.8. The number of hydrogen-bond donors (Lipinski definition) is 2. The van der Waals surface area contributed by atoms with Gasteiger partial charge in [-0.3, -0.25) is 14.5 Å². The first kappa shape index (κ1) is 25.9. The number of terminal acetylenes is 1. The zero-order chi connectivity index (χ0) is 27.2. The van der Waals surface area contributed by atoms with Crippen molar-refractivity contribution in [3.63, 3.8) is 0 Å². The molecule has 2 aliphatic heterocycles. The highest BCUT2D eigenvalue weighted by atomic mass is 16.5. The Morgan fingerprint density at radius 2 is 2.03 bits per heavy atom. The minimum Gasteiger partial charge on any atom is -0.493 e. The molecule has 6 bridgehead atoms. The van der Waals surface area contributed by atoms with Crippen LogP contribution in [0, 0.1) is 18.3 Å². The molecule has 3 aromatic rings. The fourth-order valence-electron chi connectivity index (χ4n) is 4.52. The Bertz CT molecular complexity index is 1440. The predicted octanol–water partition coefficient (Wildman–Crippen LogP) is 3.69. The van der Waals surface area contributed by atoms with E-state index in [9.17, 15) is 9.59 Å². The molecule has 9 heteroatoms. The van der Waals surface area contributed by atoms with Crippen molar-refractivity contribution < 1.29 is 14.3 Å². The van der Waals surface area contributed by atoms with E-state index >= 15 is 0 Å². The van der Waals surface area contributed by atoms with Crippen molar-refractivity contribution in [3.8, 4) is 29.4 Å². The number of rotatable bonds is 2. The number of likely N-dealkylation sites (N-methyl/N-ethyl adjacent to an activating group) is 1. The summed E-state index contributed by atoms with van der Waals surface area (Å²) in [5.41, 5.74) is 4.10. The van der Waals surface area contributed by atoms with Crippen LogP contribution in [0.4, 0.5) is 17.3 Å². The Hall–Kier alpha value is -4.68. The van der Waals surface area contributed by atoms with Gasteiger partial charge in [0.25, 0.3) is 5.91 Å². The van der Waals surface area contributed by atoms with Gasteiger partial charge in [0.2, 0.25) is 11.9 Å². The molecule has 2 N–H and O–H groups in total. The van der Waals surface area contributed by atoms with Gasteiger partial charge in [-0.2, -0.15) is 0 Å². The quantitative estimate of drug-likeness (QED) is 0.391. The Labute approximate surface area is 227 Å². The van der Waals surface area contributed by atoms with E-state index in [-0.39, 0.29) is 11.8 Å². The molecule has 2 aromatic carbocycles. The average Bonchev–Trinajstić information content (AvgIpc) is 2.89. The van der Waals surface area contributed by atoms with Crippen molar-refractivity contribution >= 4 is 29.1 Å². The van der Waals surface area contributed by atoms with E-state index in [4.69, 9.17) is 16.1 Å². The maximum absolute atomic E-state index is 12.9. The number of aromatic nitrogens is 2. The van der Waals surface area contributed by atoms with Crippen LogP contribution >= 0.6 is 0 Å². The number of carbonyl (C=O) groups excluding carboxylic acids is 2. The molecule has 0 radical (unpaired) electrons. The number of amides is 2. The molecule has 5 rings (SSSR count). The molecule has 1 fully saturated rings. The van der Waals surface area contributed by atoms with Crippen LogP contribution in [0.25, 0.3) is 11.3 Å². The molecular weight excluding hydrogens is 492 g/mol. The van der Waals surface area contributed by atoms with Gasteiger partial charge < -0.3 is 20.3 Å². The topological polar surface area (TPSA) is 99.7 Å². The number of nitrogens with zero attached hydrogens (tertiary/aromatic N) is 4. The summed E-state index contributed by atoms with van der Waals surface area (Å²) in [6, 6.07) is 15.5. The van der Waals surface area contributed by atoms with Crippen molar-refractivity contribution in [1.82, 2.24) is 19.8 Å². The molecule has 0 saturated carbocycles. The minimum atomic E-state index is -0.392. The molecule has 9 nitrogen and oxygen atoms in total. The van der Waals surface area contributed by atoms with Gasteiger partial charge >= 0.3 is 0 Å². The van der Waals surface area contributed by atoms with Crippen molar-refractivity contribution in [1.29, 1.82) is 0 Å². The van der Waals surface area contributed by atoms with E-state index in [1.807, 2.05) is 55.6 Å². The van der Waals surface area contributed by atoms with Crippen LogP contribution in [0.2, 0.25) is 0 Å². The van der Waals surface area contributed by atoms with Crippen LogP contribution in [0.3, 0.4) is 0 Å². The van der Waals surface area contributed by atoms with Gasteiger partial charge in [0.05, 0.1) is 18.2 Å². The number of hydrogen-bond acceptors (Lipinski definition) is 7. The molecule has 0 aliphatic carbocycles. The first-order valence-corrected chi connectivity index (χ1v) is 12.8. The zero-order valence-electron chi connectivity index (χ0n) is 21.8. The summed E-state index contributed by atoms with van der Waals surface area (Å²) in [7, 11) is 2.04. The summed E-state index contributed by atoms with van der Waals surface area (Å²) in [6.45, 7) is 2.66. The second kappa shape index (κ2) is 11.8. The Balaban J connectivity index is 1.41. The smallest absolute Gasteiger partial charge is 0.298 e. The maximum Gasteiger partial charge on any atom is 0.298 e. The summed E-state index contributed by atoms with van der Waals surface area (Å²) in [5, 5.41) is 6.31. The van der Waals surface area contributed by atoms with E-state index in [2.05, 4.69) is 38.6 Å². The summed E-state index contributed by atoms with van der Waals surface area (Å²) < 4.78 is 5.93. The first-order chi connectivity index (χ1) is 19.0. The van der Waals surface area contributed by atoms with Crippen molar-refractivity contribution in [3.05, 3.63) is 72.4 Å². The Kier molecular flexibility index (Phi) is 7.85. The lowest BCUT2D eigenvalue weighted by Gasteiger charge is -2.36. The number of nitrogens with one attached hydrogen (secondary N) is 2. The van der Waals surface area contributed by atoms with Crippen LogP contribution in [-0.4, -0.2) is 64.9 Å². The van der Waals surface area contributed by atoms with Gasteiger partial charge in [-0.15, -0.1) is 6.42 Å². The highest BCUT2D eigenvalue weighted by molar-refractivity contribution is 5.98. The molecule has 2 aliphatic rings. The second-order valence-electron chi connectivity index (χ2n) is 9.68. The average molecular weight is 523 g/mol. The highest BCUT2D eigenvalue weighted by Gasteiger charge is 2.35. The van der Waals surface area contributed by atoms with Gasteiger partial charge in [-0.1, -0.05) is 24.3 Å². The monoisotopic (exact) mass is 522 g/mol. The summed E-state index contributed by atoms with van der Waals surface area (Å²) in [5.74, 6) is 2.48. The van der Waals surface area contributed by atoms with Gasteiger partial charge in [-0.05, 0) is 61.4 Å². The molecule has 2 amide bonds. The van der Waals surface area contributed by atoms with Crippen LogP contribution in [0.1, 0.15) is 12.0 Å². The summed E-state index contributed by atoms with van der Waals surface area (Å²) in [4.78, 5) is 37.3. The number of carbonyl (C=O) groups is 2. The summed E-state index contributed by atoms with van der Waals surface area (Å²) in [6.07, 6.45) is 11.9. The molecule has 1 aromatic heterocycles. The van der Waals surface area contributed by atoms with Gasteiger partial charge in [0, 0.05) is 49.3 Å². The van der Waals surface area contributed by atoms with Gasteiger partial charge in [0.1, 0.15) is 5.75 Å². The predicted molar refractivity (Wildman–Crippen MR) is 150 cm³/mol. The molecule has 0 unspecified atom stereocenters. The van der Waals surface area contributed by atoms with E-state index in [1.165, 1.54) is 4.90 Å². The third kappa shape index (κ3) is 6.61. The Morgan fingerprint density at radius 3 is 2.87 bits per heavy atom.